The van der Waals surface area contributed by atoms with Crippen molar-refractivity contribution in [3.05, 3.63) is 35.9 Å². The molecular formula is C15H23N3O. The molecule has 0 aromatic heterocycles. The molecular weight excluding hydrogens is 238 g/mol. The van der Waals surface area contributed by atoms with Crippen LogP contribution in [0.25, 0.3) is 0 Å². The number of hydrogen-bond donors (Lipinski definition) is 2. The second-order valence-corrected chi connectivity index (χ2v) is 5.32. The van der Waals surface area contributed by atoms with Crippen molar-refractivity contribution in [1.29, 1.82) is 0 Å². The zero-order valence-electron chi connectivity index (χ0n) is 11.7. The molecule has 1 amide bonds. The van der Waals surface area contributed by atoms with Gasteiger partial charge in [0, 0.05) is 32.1 Å². The van der Waals surface area contributed by atoms with Crippen molar-refractivity contribution in [2.45, 2.75) is 25.4 Å². The van der Waals surface area contributed by atoms with Crippen molar-refractivity contribution in [3.8, 4) is 0 Å². The van der Waals surface area contributed by atoms with Gasteiger partial charge in [-0.15, -0.1) is 0 Å². The van der Waals surface area contributed by atoms with Crippen LogP contribution in [0, 0.1) is 0 Å². The van der Waals surface area contributed by atoms with E-state index in [2.05, 4.69) is 22.6 Å². The fraction of sp³-hybridized carbons (Fsp3) is 0.533. The van der Waals surface area contributed by atoms with Gasteiger partial charge in [0.15, 0.2) is 0 Å². The lowest BCUT2D eigenvalue weighted by molar-refractivity contribution is -0.122. The van der Waals surface area contributed by atoms with Crippen LogP contribution in [0.1, 0.15) is 24.9 Å². The quantitative estimate of drug-likeness (QED) is 0.855. The third kappa shape index (κ3) is 4.33. The molecule has 4 nitrogen and oxygen atoms in total. The maximum absolute atomic E-state index is 12.0. The van der Waals surface area contributed by atoms with Crippen LogP contribution in [0.2, 0.25) is 0 Å². The van der Waals surface area contributed by atoms with Crippen molar-refractivity contribution >= 4 is 5.91 Å². The number of carbonyl (C=O) groups excluding carboxylic acids is 1. The highest BCUT2D eigenvalue weighted by atomic mass is 16.1. The average Bonchev–Trinajstić information content (AvgIpc) is 2.39. The van der Waals surface area contributed by atoms with Crippen LogP contribution in [0.3, 0.4) is 0 Å². The summed E-state index contributed by atoms with van der Waals surface area (Å²) in [6, 6.07) is 10.4. The Balaban J connectivity index is 1.81. The van der Waals surface area contributed by atoms with E-state index in [4.69, 9.17) is 0 Å². The molecule has 2 unspecified atom stereocenters. The first kappa shape index (κ1) is 14.0. The molecule has 0 aliphatic carbocycles. The predicted molar refractivity (Wildman–Crippen MR) is 76.9 cm³/mol. The Morgan fingerprint density at radius 3 is 2.89 bits per heavy atom. The van der Waals surface area contributed by atoms with Gasteiger partial charge in [-0.1, -0.05) is 30.3 Å². The fourth-order valence-electron chi connectivity index (χ4n) is 2.48. The van der Waals surface area contributed by atoms with Gasteiger partial charge in [0.1, 0.15) is 0 Å². The number of piperazine rings is 1. The first-order chi connectivity index (χ1) is 9.15. The number of hydrogen-bond acceptors (Lipinski definition) is 3. The fourth-order valence-corrected chi connectivity index (χ4v) is 2.48. The molecule has 4 heteroatoms. The number of rotatable bonds is 4. The van der Waals surface area contributed by atoms with Crippen molar-refractivity contribution < 1.29 is 4.79 Å². The van der Waals surface area contributed by atoms with E-state index in [9.17, 15) is 4.79 Å². The molecule has 1 heterocycles. The molecule has 19 heavy (non-hydrogen) atoms. The lowest BCUT2D eigenvalue weighted by Gasteiger charge is -2.30. The topological polar surface area (TPSA) is 44.4 Å². The van der Waals surface area contributed by atoms with Gasteiger partial charge in [0.05, 0.1) is 6.04 Å². The molecule has 2 atom stereocenters. The van der Waals surface area contributed by atoms with Gasteiger partial charge in [-0.05, 0) is 19.5 Å². The highest BCUT2D eigenvalue weighted by Crippen LogP contribution is 2.11. The molecule has 0 radical (unpaired) electrons. The highest BCUT2D eigenvalue weighted by Gasteiger charge is 2.20. The molecule has 1 fully saturated rings. The lowest BCUT2D eigenvalue weighted by Crippen LogP contribution is -2.50. The number of carbonyl (C=O) groups is 1. The second-order valence-electron chi connectivity index (χ2n) is 5.32. The summed E-state index contributed by atoms with van der Waals surface area (Å²) >= 11 is 0. The van der Waals surface area contributed by atoms with E-state index in [0.29, 0.717) is 6.42 Å². The average molecular weight is 261 g/mol. The van der Waals surface area contributed by atoms with Crippen LogP contribution >= 0.6 is 0 Å². The molecule has 2 rings (SSSR count). The molecule has 1 aliphatic rings. The van der Waals surface area contributed by atoms with Crippen molar-refractivity contribution in [3.63, 3.8) is 0 Å². The van der Waals surface area contributed by atoms with Gasteiger partial charge < -0.3 is 15.5 Å². The van der Waals surface area contributed by atoms with Gasteiger partial charge in [0.2, 0.25) is 5.91 Å². The Kier molecular flexibility index (Phi) is 4.93. The van der Waals surface area contributed by atoms with Crippen molar-refractivity contribution in [2.75, 3.05) is 26.7 Å². The standard InChI is InChI=1S/C15H23N3O/c1-12(13-6-4-3-5-7-13)17-15(19)10-14-11-18(2)9-8-16-14/h3-7,12,14,16H,8-11H2,1-2H3,(H,17,19). The third-order valence-electron chi connectivity index (χ3n) is 3.57. The van der Waals surface area contributed by atoms with E-state index in [-0.39, 0.29) is 18.0 Å². The van der Waals surface area contributed by atoms with Gasteiger partial charge in [0.25, 0.3) is 0 Å². The molecule has 1 aromatic rings. The summed E-state index contributed by atoms with van der Waals surface area (Å²) in [5.74, 6) is 0.115. The van der Waals surface area contributed by atoms with E-state index in [1.54, 1.807) is 0 Å². The molecule has 104 valence electrons. The van der Waals surface area contributed by atoms with E-state index in [1.165, 1.54) is 0 Å². The second kappa shape index (κ2) is 6.68. The summed E-state index contributed by atoms with van der Waals surface area (Å²) in [5.41, 5.74) is 1.14. The number of likely N-dealkylation sites (N-methyl/N-ethyl adjacent to an activating group) is 1. The SMILES string of the molecule is CC(NC(=O)CC1CN(C)CCN1)c1ccccc1. The molecule has 1 saturated heterocycles. The Bertz CT molecular complexity index is 407. The normalized spacial score (nSPS) is 21.9. The summed E-state index contributed by atoms with van der Waals surface area (Å²) in [6.07, 6.45) is 0.543. The van der Waals surface area contributed by atoms with Gasteiger partial charge in [-0.3, -0.25) is 4.79 Å². The first-order valence-electron chi connectivity index (χ1n) is 6.91. The predicted octanol–water partition coefficient (Wildman–Crippen LogP) is 1.16. The number of nitrogens with zero attached hydrogens (tertiary/aromatic N) is 1. The van der Waals surface area contributed by atoms with Gasteiger partial charge in [-0.2, -0.15) is 0 Å². The van der Waals surface area contributed by atoms with E-state index < -0.39 is 0 Å². The molecule has 2 N–H and O–H groups in total. The number of amides is 1. The van der Waals surface area contributed by atoms with Crippen LogP contribution in [0.5, 0.6) is 0 Å². The number of nitrogens with one attached hydrogen (secondary N) is 2. The third-order valence-corrected chi connectivity index (χ3v) is 3.57. The minimum absolute atomic E-state index is 0.0648. The van der Waals surface area contributed by atoms with Crippen LogP contribution in [-0.2, 0) is 4.79 Å². The Labute approximate surface area is 115 Å². The minimum atomic E-state index is 0.0648. The maximum atomic E-state index is 12.0. The van der Waals surface area contributed by atoms with Crippen LogP contribution < -0.4 is 10.6 Å². The summed E-state index contributed by atoms with van der Waals surface area (Å²) in [5, 5.41) is 6.45. The van der Waals surface area contributed by atoms with E-state index in [1.807, 2.05) is 37.3 Å². The lowest BCUT2D eigenvalue weighted by atomic mass is 10.1. The number of benzene rings is 1. The van der Waals surface area contributed by atoms with Crippen molar-refractivity contribution in [2.24, 2.45) is 0 Å². The summed E-state index contributed by atoms with van der Waals surface area (Å²) in [6.45, 7) is 4.97. The zero-order valence-corrected chi connectivity index (χ0v) is 11.7. The summed E-state index contributed by atoms with van der Waals surface area (Å²) in [7, 11) is 2.10. The van der Waals surface area contributed by atoms with Crippen LogP contribution in [-0.4, -0.2) is 43.5 Å². The van der Waals surface area contributed by atoms with Crippen LogP contribution in [0.15, 0.2) is 30.3 Å². The van der Waals surface area contributed by atoms with E-state index in [0.717, 1.165) is 25.2 Å². The molecule has 0 bridgehead atoms. The Morgan fingerprint density at radius 1 is 1.47 bits per heavy atom. The van der Waals surface area contributed by atoms with Gasteiger partial charge >= 0.3 is 0 Å². The zero-order chi connectivity index (χ0) is 13.7. The Morgan fingerprint density at radius 2 is 2.21 bits per heavy atom. The smallest absolute Gasteiger partial charge is 0.222 e. The highest BCUT2D eigenvalue weighted by molar-refractivity contribution is 5.77. The van der Waals surface area contributed by atoms with Crippen molar-refractivity contribution in [1.82, 2.24) is 15.5 Å². The largest absolute Gasteiger partial charge is 0.350 e. The molecule has 0 spiro atoms. The first-order valence-corrected chi connectivity index (χ1v) is 6.91. The summed E-state index contributed by atoms with van der Waals surface area (Å²) < 4.78 is 0. The van der Waals surface area contributed by atoms with Crippen LogP contribution in [0.4, 0.5) is 0 Å². The van der Waals surface area contributed by atoms with E-state index >= 15 is 0 Å². The maximum Gasteiger partial charge on any atom is 0.222 e. The Hall–Kier alpha value is -1.39. The monoisotopic (exact) mass is 261 g/mol. The van der Waals surface area contributed by atoms with Gasteiger partial charge in [-0.25, -0.2) is 0 Å². The minimum Gasteiger partial charge on any atom is -0.350 e. The molecule has 0 saturated carbocycles. The molecule has 1 aliphatic heterocycles. The summed E-state index contributed by atoms with van der Waals surface area (Å²) in [4.78, 5) is 14.3. The molecule has 1 aromatic carbocycles.